The first-order valence-electron chi connectivity index (χ1n) is 7.07. The van der Waals surface area contributed by atoms with Gasteiger partial charge in [-0.05, 0) is 38.3 Å². The summed E-state index contributed by atoms with van der Waals surface area (Å²) in [5.41, 5.74) is 1.65. The van der Waals surface area contributed by atoms with Crippen LogP contribution < -0.4 is 10.1 Å². The number of anilines is 1. The Balaban J connectivity index is 2.12. The average molecular weight is 291 g/mol. The van der Waals surface area contributed by atoms with Crippen LogP contribution in [0.1, 0.15) is 36.8 Å². The SMILES string of the molecule is COc1c(C)ccc(NC(=O)CC2(C(=O)O)CCC2)c1C. The molecular formula is C16H21NO4. The van der Waals surface area contributed by atoms with Crippen molar-refractivity contribution in [1.29, 1.82) is 0 Å². The minimum Gasteiger partial charge on any atom is -0.496 e. The number of rotatable bonds is 5. The number of nitrogens with one attached hydrogen (secondary N) is 1. The number of carbonyl (C=O) groups excluding carboxylic acids is 1. The largest absolute Gasteiger partial charge is 0.496 e. The van der Waals surface area contributed by atoms with Crippen molar-refractivity contribution in [3.8, 4) is 5.75 Å². The maximum Gasteiger partial charge on any atom is 0.310 e. The summed E-state index contributed by atoms with van der Waals surface area (Å²) in [6, 6.07) is 3.69. The van der Waals surface area contributed by atoms with E-state index in [2.05, 4.69) is 5.32 Å². The molecule has 0 atom stereocenters. The van der Waals surface area contributed by atoms with Crippen molar-refractivity contribution in [2.24, 2.45) is 5.41 Å². The Kier molecular flexibility index (Phi) is 4.21. The number of hydrogen-bond acceptors (Lipinski definition) is 3. The zero-order chi connectivity index (χ0) is 15.6. The summed E-state index contributed by atoms with van der Waals surface area (Å²) in [5, 5.41) is 12.1. The second-order valence-electron chi connectivity index (χ2n) is 5.75. The molecule has 0 bridgehead atoms. The van der Waals surface area contributed by atoms with Gasteiger partial charge in [0.25, 0.3) is 0 Å². The summed E-state index contributed by atoms with van der Waals surface area (Å²) in [6.07, 6.45) is 2.05. The average Bonchev–Trinajstić information content (AvgIpc) is 2.37. The van der Waals surface area contributed by atoms with Crippen molar-refractivity contribution in [2.45, 2.75) is 39.5 Å². The molecule has 21 heavy (non-hydrogen) atoms. The van der Waals surface area contributed by atoms with Gasteiger partial charge in [0, 0.05) is 17.7 Å². The molecule has 2 N–H and O–H groups in total. The molecule has 5 nitrogen and oxygen atoms in total. The fourth-order valence-electron chi connectivity index (χ4n) is 2.85. The van der Waals surface area contributed by atoms with Gasteiger partial charge < -0.3 is 15.2 Å². The number of carbonyl (C=O) groups is 2. The van der Waals surface area contributed by atoms with E-state index in [1.54, 1.807) is 7.11 Å². The van der Waals surface area contributed by atoms with Crippen molar-refractivity contribution >= 4 is 17.6 Å². The number of benzene rings is 1. The number of hydrogen-bond donors (Lipinski definition) is 2. The second kappa shape index (κ2) is 5.76. The van der Waals surface area contributed by atoms with E-state index < -0.39 is 11.4 Å². The Morgan fingerprint density at radius 3 is 2.48 bits per heavy atom. The van der Waals surface area contributed by atoms with Crippen molar-refractivity contribution in [1.82, 2.24) is 0 Å². The van der Waals surface area contributed by atoms with Crippen molar-refractivity contribution in [3.63, 3.8) is 0 Å². The van der Waals surface area contributed by atoms with E-state index in [9.17, 15) is 14.7 Å². The number of carboxylic acid groups (broad SMARTS) is 1. The molecule has 1 amide bonds. The fraction of sp³-hybridized carbons (Fsp3) is 0.500. The van der Waals surface area contributed by atoms with Gasteiger partial charge in [-0.3, -0.25) is 9.59 Å². The highest BCUT2D eigenvalue weighted by Crippen LogP contribution is 2.44. The number of ether oxygens (including phenoxy) is 1. The summed E-state index contributed by atoms with van der Waals surface area (Å²) >= 11 is 0. The fourth-order valence-corrected chi connectivity index (χ4v) is 2.85. The summed E-state index contributed by atoms with van der Waals surface area (Å²) in [7, 11) is 1.59. The van der Waals surface area contributed by atoms with Gasteiger partial charge in [0.1, 0.15) is 5.75 Å². The van der Waals surface area contributed by atoms with Crippen LogP contribution in [0, 0.1) is 19.3 Å². The highest BCUT2D eigenvalue weighted by molar-refractivity contribution is 5.95. The minimum absolute atomic E-state index is 0.0258. The van der Waals surface area contributed by atoms with Crippen LogP contribution in [0.25, 0.3) is 0 Å². The number of amides is 1. The molecule has 1 aliphatic carbocycles. The lowest BCUT2D eigenvalue weighted by Crippen LogP contribution is -2.41. The normalized spacial score (nSPS) is 16.0. The van der Waals surface area contributed by atoms with Crippen molar-refractivity contribution in [2.75, 3.05) is 12.4 Å². The highest BCUT2D eigenvalue weighted by atomic mass is 16.5. The summed E-state index contributed by atoms with van der Waals surface area (Å²) in [4.78, 5) is 23.5. The lowest BCUT2D eigenvalue weighted by molar-refractivity contribution is -0.157. The molecule has 0 spiro atoms. The van der Waals surface area contributed by atoms with Crippen LogP contribution in [-0.4, -0.2) is 24.1 Å². The monoisotopic (exact) mass is 291 g/mol. The van der Waals surface area contributed by atoms with Crippen molar-refractivity contribution < 1.29 is 19.4 Å². The summed E-state index contributed by atoms with van der Waals surface area (Å²) in [5.74, 6) is -0.391. The molecule has 1 aliphatic rings. The van der Waals surface area contributed by atoms with E-state index >= 15 is 0 Å². The molecule has 0 saturated heterocycles. The van der Waals surface area contributed by atoms with Crippen LogP contribution in [0.3, 0.4) is 0 Å². The van der Waals surface area contributed by atoms with Crippen LogP contribution >= 0.6 is 0 Å². The quantitative estimate of drug-likeness (QED) is 0.874. The van der Waals surface area contributed by atoms with Crippen LogP contribution in [-0.2, 0) is 9.59 Å². The van der Waals surface area contributed by atoms with Crippen LogP contribution in [0.15, 0.2) is 12.1 Å². The zero-order valence-corrected chi connectivity index (χ0v) is 12.7. The topological polar surface area (TPSA) is 75.6 Å². The predicted molar refractivity (Wildman–Crippen MR) is 79.6 cm³/mol. The van der Waals surface area contributed by atoms with E-state index in [-0.39, 0.29) is 12.3 Å². The molecule has 1 saturated carbocycles. The van der Waals surface area contributed by atoms with Crippen LogP contribution in [0.5, 0.6) is 5.75 Å². The van der Waals surface area contributed by atoms with Gasteiger partial charge in [-0.15, -0.1) is 0 Å². The highest BCUT2D eigenvalue weighted by Gasteiger charge is 2.45. The standard InChI is InChI=1S/C16H21NO4/c1-10-5-6-12(11(2)14(10)21-3)17-13(18)9-16(15(19)20)7-4-8-16/h5-6H,4,7-9H2,1-3H3,(H,17,18)(H,19,20). The summed E-state index contributed by atoms with van der Waals surface area (Å²) in [6.45, 7) is 3.81. The minimum atomic E-state index is -0.873. The molecule has 1 aromatic rings. The molecule has 0 heterocycles. The van der Waals surface area contributed by atoms with Gasteiger partial charge in [0.2, 0.25) is 5.91 Å². The van der Waals surface area contributed by atoms with E-state index in [0.717, 1.165) is 23.3 Å². The third-order valence-electron chi connectivity index (χ3n) is 4.34. The third kappa shape index (κ3) is 2.86. The number of aliphatic carboxylic acids is 1. The molecule has 0 aromatic heterocycles. The molecule has 0 unspecified atom stereocenters. The predicted octanol–water partition coefficient (Wildman–Crippen LogP) is 2.90. The smallest absolute Gasteiger partial charge is 0.310 e. The van der Waals surface area contributed by atoms with Crippen LogP contribution in [0.4, 0.5) is 5.69 Å². The molecule has 5 heteroatoms. The van der Waals surface area contributed by atoms with E-state index in [4.69, 9.17) is 4.74 Å². The van der Waals surface area contributed by atoms with Gasteiger partial charge in [-0.2, -0.15) is 0 Å². The lowest BCUT2D eigenvalue weighted by atomic mass is 9.66. The molecule has 0 aliphatic heterocycles. The Morgan fingerprint density at radius 2 is 2.00 bits per heavy atom. The van der Waals surface area contributed by atoms with Gasteiger partial charge in [-0.1, -0.05) is 12.5 Å². The first kappa shape index (κ1) is 15.4. The first-order valence-corrected chi connectivity index (χ1v) is 7.07. The van der Waals surface area contributed by atoms with Gasteiger partial charge >= 0.3 is 5.97 Å². The lowest BCUT2D eigenvalue weighted by Gasteiger charge is -2.37. The van der Waals surface area contributed by atoms with Gasteiger partial charge in [0.05, 0.1) is 12.5 Å². The Morgan fingerprint density at radius 1 is 1.33 bits per heavy atom. The molecule has 1 aromatic carbocycles. The third-order valence-corrected chi connectivity index (χ3v) is 4.34. The first-order chi connectivity index (χ1) is 9.89. The molecule has 0 radical (unpaired) electrons. The Bertz CT molecular complexity index is 576. The molecule has 2 rings (SSSR count). The van der Waals surface area contributed by atoms with Gasteiger partial charge in [-0.25, -0.2) is 0 Å². The van der Waals surface area contributed by atoms with Crippen LogP contribution in [0.2, 0.25) is 0 Å². The maximum atomic E-state index is 12.1. The van der Waals surface area contributed by atoms with E-state index in [0.29, 0.717) is 18.5 Å². The zero-order valence-electron chi connectivity index (χ0n) is 12.7. The Labute approximate surface area is 124 Å². The Hall–Kier alpha value is -2.04. The molecular weight excluding hydrogens is 270 g/mol. The van der Waals surface area contributed by atoms with E-state index in [1.165, 1.54) is 0 Å². The summed E-state index contributed by atoms with van der Waals surface area (Å²) < 4.78 is 5.32. The molecule has 1 fully saturated rings. The second-order valence-corrected chi connectivity index (χ2v) is 5.75. The van der Waals surface area contributed by atoms with Gasteiger partial charge in [0.15, 0.2) is 0 Å². The maximum absolute atomic E-state index is 12.1. The number of aryl methyl sites for hydroxylation is 1. The van der Waals surface area contributed by atoms with Crippen molar-refractivity contribution in [3.05, 3.63) is 23.3 Å². The number of carboxylic acids is 1. The van der Waals surface area contributed by atoms with E-state index in [1.807, 2.05) is 26.0 Å². The molecule has 114 valence electrons. The number of methoxy groups -OCH3 is 1.